The lowest BCUT2D eigenvalue weighted by Crippen LogP contribution is -2.21. The second kappa shape index (κ2) is 3.21. The van der Waals surface area contributed by atoms with E-state index in [-0.39, 0.29) is 0 Å². The van der Waals surface area contributed by atoms with Crippen LogP contribution in [0.2, 0.25) is 0 Å². The minimum atomic E-state index is 0.359. The maximum atomic E-state index is 8.93. The van der Waals surface area contributed by atoms with Crippen LogP contribution in [0.4, 0.5) is 0 Å². The molecule has 2 aliphatic carbocycles. The van der Waals surface area contributed by atoms with E-state index in [1.54, 1.807) is 0 Å². The third kappa shape index (κ3) is 1.11. The predicted octanol–water partition coefficient (Wildman–Crippen LogP) is 2.22. The Kier molecular flexibility index (Phi) is 2.22. The van der Waals surface area contributed by atoms with Gasteiger partial charge in [0.1, 0.15) is 0 Å². The lowest BCUT2D eigenvalue weighted by Gasteiger charge is -2.28. The molecule has 0 aromatic rings. The maximum absolute atomic E-state index is 8.93. The van der Waals surface area contributed by atoms with E-state index in [9.17, 15) is 0 Å². The molecule has 68 valence electrons. The van der Waals surface area contributed by atoms with Gasteiger partial charge in [-0.3, -0.25) is 0 Å². The molecular weight excluding hydrogens is 148 g/mol. The van der Waals surface area contributed by atoms with Crippen molar-refractivity contribution in [1.82, 2.24) is 0 Å². The Morgan fingerprint density at radius 2 is 2.08 bits per heavy atom. The van der Waals surface area contributed by atoms with Crippen molar-refractivity contribution in [3.63, 3.8) is 0 Å². The molecule has 12 heavy (non-hydrogen) atoms. The summed E-state index contributed by atoms with van der Waals surface area (Å²) < 4.78 is 0. The largest absolute Gasteiger partial charge is 0.396 e. The van der Waals surface area contributed by atoms with Crippen LogP contribution in [0.1, 0.15) is 25.7 Å². The summed E-state index contributed by atoms with van der Waals surface area (Å²) in [5.41, 5.74) is 0. The highest BCUT2D eigenvalue weighted by Gasteiger charge is 2.45. The van der Waals surface area contributed by atoms with Crippen LogP contribution in [0.5, 0.6) is 0 Å². The first-order valence-electron chi connectivity index (χ1n) is 5.10. The van der Waals surface area contributed by atoms with Crippen molar-refractivity contribution >= 4 is 0 Å². The minimum absolute atomic E-state index is 0.359. The molecule has 1 nitrogen and oxygen atoms in total. The first kappa shape index (κ1) is 8.31. The summed E-state index contributed by atoms with van der Waals surface area (Å²) in [6.07, 6.45) is 7.34. The van der Waals surface area contributed by atoms with Gasteiger partial charge >= 0.3 is 0 Å². The molecule has 0 amide bonds. The summed E-state index contributed by atoms with van der Waals surface area (Å²) in [7, 11) is 0. The topological polar surface area (TPSA) is 20.2 Å². The molecule has 2 bridgehead atoms. The number of aliphatic hydroxyl groups is 1. The molecular formula is C11H18O. The molecule has 4 unspecified atom stereocenters. The molecule has 2 saturated carbocycles. The van der Waals surface area contributed by atoms with Crippen LogP contribution in [0.15, 0.2) is 12.7 Å². The van der Waals surface area contributed by atoms with E-state index in [0.29, 0.717) is 6.61 Å². The Labute approximate surface area is 74.5 Å². The zero-order valence-electron chi connectivity index (χ0n) is 7.58. The fourth-order valence-electron chi connectivity index (χ4n) is 3.40. The summed E-state index contributed by atoms with van der Waals surface area (Å²) >= 11 is 0. The molecule has 0 aromatic heterocycles. The van der Waals surface area contributed by atoms with Crippen molar-refractivity contribution < 1.29 is 5.11 Å². The van der Waals surface area contributed by atoms with E-state index in [1.807, 2.05) is 0 Å². The third-order valence-electron chi connectivity index (χ3n) is 3.89. The molecule has 1 heteroatoms. The normalized spacial score (nSPS) is 45.1. The van der Waals surface area contributed by atoms with Crippen LogP contribution < -0.4 is 0 Å². The highest BCUT2D eigenvalue weighted by atomic mass is 16.3. The van der Waals surface area contributed by atoms with Gasteiger partial charge in [-0.05, 0) is 49.4 Å². The van der Waals surface area contributed by atoms with Crippen molar-refractivity contribution in [2.24, 2.45) is 23.7 Å². The third-order valence-corrected chi connectivity index (χ3v) is 3.89. The Morgan fingerprint density at radius 1 is 1.33 bits per heavy atom. The first-order chi connectivity index (χ1) is 5.86. The molecule has 0 radical (unpaired) electrons. The standard InChI is InChI=1S/C11H18O/c1-2-10-8-3-4-9(7-8)11(10)5-6-12/h2,8-12H,1,3-7H2. The van der Waals surface area contributed by atoms with Gasteiger partial charge in [0.2, 0.25) is 0 Å². The Morgan fingerprint density at radius 3 is 2.75 bits per heavy atom. The van der Waals surface area contributed by atoms with Gasteiger partial charge in [-0.2, -0.15) is 0 Å². The van der Waals surface area contributed by atoms with E-state index < -0.39 is 0 Å². The quantitative estimate of drug-likeness (QED) is 0.637. The molecule has 2 fully saturated rings. The fourth-order valence-corrected chi connectivity index (χ4v) is 3.40. The van der Waals surface area contributed by atoms with Crippen LogP contribution in [-0.2, 0) is 0 Å². The maximum Gasteiger partial charge on any atom is 0.0433 e. The average Bonchev–Trinajstić information content (AvgIpc) is 2.64. The molecule has 0 spiro atoms. The van der Waals surface area contributed by atoms with Gasteiger partial charge in [0.05, 0.1) is 0 Å². The number of fused-ring (bicyclic) bond motifs is 2. The van der Waals surface area contributed by atoms with E-state index in [0.717, 1.165) is 30.1 Å². The lowest BCUT2D eigenvalue weighted by atomic mass is 9.78. The van der Waals surface area contributed by atoms with E-state index in [4.69, 9.17) is 5.11 Å². The fraction of sp³-hybridized carbons (Fsp3) is 0.818. The molecule has 0 aliphatic heterocycles. The van der Waals surface area contributed by atoms with Crippen LogP contribution in [-0.4, -0.2) is 11.7 Å². The number of rotatable bonds is 3. The first-order valence-corrected chi connectivity index (χ1v) is 5.10. The highest BCUT2D eigenvalue weighted by molar-refractivity contribution is 5.02. The van der Waals surface area contributed by atoms with Gasteiger partial charge in [0.15, 0.2) is 0 Å². The van der Waals surface area contributed by atoms with Crippen molar-refractivity contribution in [3.8, 4) is 0 Å². The number of aliphatic hydroxyl groups excluding tert-OH is 1. The van der Waals surface area contributed by atoms with Crippen LogP contribution in [0, 0.1) is 23.7 Å². The smallest absolute Gasteiger partial charge is 0.0433 e. The van der Waals surface area contributed by atoms with Crippen LogP contribution in [0.25, 0.3) is 0 Å². The van der Waals surface area contributed by atoms with Gasteiger partial charge in [0, 0.05) is 6.61 Å². The molecule has 4 atom stereocenters. The van der Waals surface area contributed by atoms with E-state index >= 15 is 0 Å². The zero-order chi connectivity index (χ0) is 8.55. The van der Waals surface area contributed by atoms with Crippen LogP contribution >= 0.6 is 0 Å². The summed E-state index contributed by atoms with van der Waals surface area (Å²) in [6, 6.07) is 0. The van der Waals surface area contributed by atoms with Crippen molar-refractivity contribution in [1.29, 1.82) is 0 Å². The lowest BCUT2D eigenvalue weighted by molar-refractivity contribution is 0.190. The predicted molar refractivity (Wildman–Crippen MR) is 49.7 cm³/mol. The summed E-state index contributed by atoms with van der Waals surface area (Å²) in [5.74, 6) is 3.29. The Bertz CT molecular complexity index is 176. The second-order valence-electron chi connectivity index (χ2n) is 4.32. The Hall–Kier alpha value is -0.300. The van der Waals surface area contributed by atoms with Crippen molar-refractivity contribution in [2.45, 2.75) is 25.7 Å². The van der Waals surface area contributed by atoms with Crippen molar-refractivity contribution in [2.75, 3.05) is 6.61 Å². The van der Waals surface area contributed by atoms with Gasteiger partial charge in [0.25, 0.3) is 0 Å². The molecule has 0 aromatic carbocycles. The van der Waals surface area contributed by atoms with Gasteiger partial charge < -0.3 is 5.11 Å². The van der Waals surface area contributed by atoms with Gasteiger partial charge in [-0.1, -0.05) is 6.08 Å². The van der Waals surface area contributed by atoms with Crippen LogP contribution in [0.3, 0.4) is 0 Å². The molecule has 0 heterocycles. The number of allylic oxidation sites excluding steroid dienone is 1. The van der Waals surface area contributed by atoms with Gasteiger partial charge in [-0.25, -0.2) is 0 Å². The summed E-state index contributed by atoms with van der Waals surface area (Å²) in [4.78, 5) is 0. The Balaban J connectivity index is 2.06. The van der Waals surface area contributed by atoms with E-state index in [2.05, 4.69) is 12.7 Å². The average molecular weight is 166 g/mol. The molecule has 2 aliphatic rings. The summed E-state index contributed by atoms with van der Waals surface area (Å²) in [5, 5.41) is 8.93. The SMILES string of the molecule is C=CC1C2CCC(C2)C1CCO. The molecule has 2 rings (SSSR count). The summed E-state index contributed by atoms with van der Waals surface area (Å²) in [6.45, 7) is 4.27. The van der Waals surface area contributed by atoms with Crippen molar-refractivity contribution in [3.05, 3.63) is 12.7 Å². The monoisotopic (exact) mass is 166 g/mol. The molecule has 0 saturated heterocycles. The number of hydrogen-bond acceptors (Lipinski definition) is 1. The molecule has 1 N–H and O–H groups in total. The zero-order valence-corrected chi connectivity index (χ0v) is 7.58. The minimum Gasteiger partial charge on any atom is -0.396 e. The van der Waals surface area contributed by atoms with E-state index in [1.165, 1.54) is 19.3 Å². The highest BCUT2D eigenvalue weighted by Crippen LogP contribution is 2.53. The number of hydrogen-bond donors (Lipinski definition) is 1. The van der Waals surface area contributed by atoms with Gasteiger partial charge in [-0.15, -0.1) is 6.58 Å². The second-order valence-corrected chi connectivity index (χ2v) is 4.32.